The Morgan fingerprint density at radius 1 is 0.543 bits per heavy atom. The Balaban J connectivity index is 0. The molecule has 0 rings (SSSR count). The molecule has 4 heteroatoms. The first-order chi connectivity index (χ1) is 16.6. The number of unbranched alkanes of at least 4 members (excludes halogenated alkanes) is 21. The predicted molar refractivity (Wildman–Crippen MR) is 150 cm³/mol. The van der Waals surface area contributed by atoms with E-state index in [4.69, 9.17) is 4.74 Å². The third-order valence-electron chi connectivity index (χ3n) is 7.33. The van der Waals surface area contributed by atoms with Crippen LogP contribution in [0.3, 0.4) is 0 Å². The molecule has 0 saturated heterocycles. The highest BCUT2D eigenvalue weighted by molar-refractivity contribution is 4.51. The van der Waals surface area contributed by atoms with Crippen molar-refractivity contribution in [2.75, 3.05) is 6.61 Å². The second-order valence-corrected chi connectivity index (χ2v) is 11.2. The third-order valence-corrected chi connectivity index (χ3v) is 7.33. The zero-order chi connectivity index (χ0) is 25.1. The smallest absolute Gasteiger partial charge is 0.191 e. The summed E-state index contributed by atoms with van der Waals surface area (Å²) in [4.78, 5) is 0. The molecule has 214 valence electrons. The SMILES string of the molecule is CCCCCCCCCCCCCCCCCCCCCCCCOC(CC)[NH2+]C(O)C(C)C.[Br-]. The number of hydrogen-bond acceptors (Lipinski definition) is 2. The maximum absolute atomic E-state index is 9.98. The van der Waals surface area contributed by atoms with Crippen LogP contribution in [0.5, 0.6) is 0 Å². The summed E-state index contributed by atoms with van der Waals surface area (Å²) in [6, 6.07) is 0. The van der Waals surface area contributed by atoms with Crippen molar-refractivity contribution in [3.8, 4) is 0 Å². The van der Waals surface area contributed by atoms with Gasteiger partial charge in [0, 0.05) is 12.3 Å². The van der Waals surface area contributed by atoms with E-state index in [0.717, 1.165) is 19.4 Å². The normalized spacial score (nSPS) is 13.2. The lowest BCUT2D eigenvalue weighted by atomic mass is 10.0. The largest absolute Gasteiger partial charge is 1.00 e. The number of rotatable bonds is 28. The third kappa shape index (κ3) is 28.8. The van der Waals surface area contributed by atoms with Crippen molar-refractivity contribution in [2.45, 2.75) is 188 Å². The van der Waals surface area contributed by atoms with Gasteiger partial charge in [0.1, 0.15) is 0 Å². The Morgan fingerprint density at radius 3 is 1.14 bits per heavy atom. The van der Waals surface area contributed by atoms with Gasteiger partial charge in [0.2, 0.25) is 0 Å². The van der Waals surface area contributed by atoms with Crippen LogP contribution in [0.2, 0.25) is 0 Å². The molecular weight excluding hydrogens is 498 g/mol. The van der Waals surface area contributed by atoms with Gasteiger partial charge in [-0.2, -0.15) is 0 Å². The first-order valence-corrected chi connectivity index (χ1v) is 15.8. The predicted octanol–water partition coefficient (Wildman–Crippen LogP) is 5.88. The zero-order valence-corrected chi connectivity index (χ0v) is 26.1. The van der Waals surface area contributed by atoms with Crippen LogP contribution in [0.25, 0.3) is 0 Å². The number of halogens is 1. The lowest BCUT2D eigenvalue weighted by Gasteiger charge is -2.20. The van der Waals surface area contributed by atoms with Crippen LogP contribution < -0.4 is 22.3 Å². The molecule has 0 aliphatic heterocycles. The topological polar surface area (TPSA) is 46.1 Å². The molecule has 0 heterocycles. The molecule has 0 aliphatic carbocycles. The van der Waals surface area contributed by atoms with Gasteiger partial charge in [-0.1, -0.05) is 163 Å². The monoisotopic (exact) mass is 563 g/mol. The summed E-state index contributed by atoms with van der Waals surface area (Å²) in [5.41, 5.74) is 0. The van der Waals surface area contributed by atoms with E-state index in [2.05, 4.69) is 13.8 Å². The fraction of sp³-hybridized carbons (Fsp3) is 1.00. The summed E-state index contributed by atoms with van der Waals surface area (Å²) >= 11 is 0. The Bertz CT molecular complexity index is 381. The summed E-state index contributed by atoms with van der Waals surface area (Å²) in [6.45, 7) is 9.36. The summed E-state index contributed by atoms with van der Waals surface area (Å²) in [6.07, 6.45) is 32.0. The quantitative estimate of drug-likeness (QED) is 0.0921. The molecule has 0 fully saturated rings. The molecule has 35 heavy (non-hydrogen) atoms. The van der Waals surface area contributed by atoms with Gasteiger partial charge in [0.15, 0.2) is 12.5 Å². The highest BCUT2D eigenvalue weighted by Crippen LogP contribution is 2.15. The summed E-state index contributed by atoms with van der Waals surface area (Å²) in [5, 5.41) is 12.0. The first-order valence-electron chi connectivity index (χ1n) is 15.8. The molecule has 3 N–H and O–H groups in total. The number of nitrogens with two attached hydrogens (primary N) is 1. The van der Waals surface area contributed by atoms with E-state index in [1.165, 1.54) is 135 Å². The Hall–Kier alpha value is 0.360. The van der Waals surface area contributed by atoms with Crippen molar-refractivity contribution >= 4 is 0 Å². The molecule has 0 aliphatic rings. The van der Waals surface area contributed by atoms with Gasteiger partial charge < -0.3 is 26.8 Å². The number of ether oxygens (including phenoxy) is 1. The van der Waals surface area contributed by atoms with E-state index in [0.29, 0.717) is 0 Å². The Labute approximate surface area is 232 Å². The number of quaternary nitrogens is 1. The van der Waals surface area contributed by atoms with Crippen molar-refractivity contribution in [2.24, 2.45) is 5.92 Å². The van der Waals surface area contributed by atoms with E-state index in [9.17, 15) is 5.11 Å². The van der Waals surface area contributed by atoms with Crippen LogP contribution in [0, 0.1) is 5.92 Å². The minimum absolute atomic E-state index is 0. The standard InChI is InChI=1S/C31H65NO2.BrH/c1-5-7-8-9-10-11-12-13-14-15-16-17-18-19-20-21-22-23-24-25-26-27-28-34-30(6-2)32-31(33)29(3)4;/h29-33H,5-28H2,1-4H3;1H. The number of aliphatic hydroxyl groups excluding tert-OH is 1. The minimum atomic E-state index is -0.352. The van der Waals surface area contributed by atoms with Crippen LogP contribution >= 0.6 is 0 Å². The molecule has 2 atom stereocenters. The molecule has 0 radical (unpaired) electrons. The van der Waals surface area contributed by atoms with Gasteiger partial charge in [-0.15, -0.1) is 0 Å². The van der Waals surface area contributed by atoms with Crippen LogP contribution in [0.15, 0.2) is 0 Å². The molecule has 0 amide bonds. The highest BCUT2D eigenvalue weighted by Gasteiger charge is 2.18. The van der Waals surface area contributed by atoms with Crippen molar-refractivity contribution < 1.29 is 32.1 Å². The lowest BCUT2D eigenvalue weighted by molar-refractivity contribution is -0.789. The highest BCUT2D eigenvalue weighted by atomic mass is 79.9. The Kier molecular flexibility index (Phi) is 32.8. The molecular formula is C31H66BrNO2. The van der Waals surface area contributed by atoms with Crippen molar-refractivity contribution in [3.63, 3.8) is 0 Å². The van der Waals surface area contributed by atoms with E-state index in [1.807, 2.05) is 19.2 Å². The van der Waals surface area contributed by atoms with Gasteiger partial charge in [-0.05, 0) is 6.42 Å². The lowest BCUT2D eigenvalue weighted by Crippen LogP contribution is -3.00. The summed E-state index contributed by atoms with van der Waals surface area (Å²) in [5.74, 6) is 0.270. The summed E-state index contributed by atoms with van der Waals surface area (Å²) in [7, 11) is 0. The fourth-order valence-corrected chi connectivity index (χ4v) is 4.70. The van der Waals surface area contributed by atoms with Crippen LogP contribution in [0.1, 0.15) is 175 Å². The van der Waals surface area contributed by atoms with Crippen LogP contribution in [0.4, 0.5) is 0 Å². The number of hydrogen-bond donors (Lipinski definition) is 2. The van der Waals surface area contributed by atoms with Crippen LogP contribution in [-0.2, 0) is 4.74 Å². The molecule has 0 aromatic rings. The summed E-state index contributed by atoms with van der Waals surface area (Å²) < 4.78 is 5.94. The second kappa shape index (κ2) is 30.6. The molecule has 0 saturated carbocycles. The fourth-order valence-electron chi connectivity index (χ4n) is 4.70. The van der Waals surface area contributed by atoms with Gasteiger partial charge >= 0.3 is 0 Å². The van der Waals surface area contributed by atoms with E-state index in [1.54, 1.807) is 0 Å². The Morgan fingerprint density at radius 2 is 0.857 bits per heavy atom. The average Bonchev–Trinajstić information content (AvgIpc) is 2.83. The molecule has 0 aromatic heterocycles. The van der Waals surface area contributed by atoms with Crippen molar-refractivity contribution in [3.05, 3.63) is 0 Å². The molecule has 2 unspecified atom stereocenters. The van der Waals surface area contributed by atoms with E-state index >= 15 is 0 Å². The maximum Gasteiger partial charge on any atom is 0.191 e. The second-order valence-electron chi connectivity index (χ2n) is 11.2. The zero-order valence-electron chi connectivity index (χ0n) is 24.5. The van der Waals surface area contributed by atoms with E-state index < -0.39 is 0 Å². The van der Waals surface area contributed by atoms with Gasteiger partial charge in [-0.25, -0.2) is 0 Å². The molecule has 0 aromatic carbocycles. The minimum Gasteiger partial charge on any atom is -1.00 e. The molecule has 0 spiro atoms. The average molecular weight is 565 g/mol. The molecule has 0 bridgehead atoms. The van der Waals surface area contributed by atoms with E-state index in [-0.39, 0.29) is 35.4 Å². The van der Waals surface area contributed by atoms with Gasteiger partial charge in [0.25, 0.3) is 0 Å². The molecule has 3 nitrogen and oxygen atoms in total. The first kappa shape index (κ1) is 37.5. The maximum atomic E-state index is 9.98. The van der Waals surface area contributed by atoms with Crippen molar-refractivity contribution in [1.82, 2.24) is 0 Å². The van der Waals surface area contributed by atoms with Crippen molar-refractivity contribution in [1.29, 1.82) is 0 Å². The van der Waals surface area contributed by atoms with Gasteiger partial charge in [-0.3, -0.25) is 5.32 Å². The number of aliphatic hydroxyl groups is 1. The van der Waals surface area contributed by atoms with Crippen LogP contribution in [-0.4, -0.2) is 24.2 Å². The van der Waals surface area contributed by atoms with Gasteiger partial charge in [0.05, 0.1) is 6.61 Å².